The van der Waals surface area contributed by atoms with Gasteiger partial charge in [-0.2, -0.15) is 0 Å². The predicted molar refractivity (Wildman–Crippen MR) is 70.3 cm³/mol. The van der Waals surface area contributed by atoms with Crippen LogP contribution in [-0.4, -0.2) is 4.98 Å². The number of aromatic nitrogens is 1. The Morgan fingerprint density at radius 3 is 2.44 bits per heavy atom. The van der Waals surface area contributed by atoms with Crippen LogP contribution in [0, 0.1) is 13.8 Å². The smallest absolute Gasteiger partial charge is 0.133 e. The highest BCUT2D eigenvalue weighted by atomic mass is 35.5. The molecule has 0 bridgehead atoms. The molecule has 1 aromatic carbocycles. The van der Waals surface area contributed by atoms with Gasteiger partial charge in [-0.1, -0.05) is 37.1 Å². The van der Waals surface area contributed by atoms with E-state index in [1.807, 2.05) is 0 Å². The molecule has 0 saturated heterocycles. The van der Waals surface area contributed by atoms with E-state index in [0.29, 0.717) is 11.1 Å². The van der Waals surface area contributed by atoms with E-state index >= 15 is 0 Å². The van der Waals surface area contributed by atoms with Gasteiger partial charge in [0.25, 0.3) is 0 Å². The zero-order valence-corrected chi connectivity index (χ0v) is 10.9. The lowest BCUT2D eigenvalue weighted by Gasteiger charge is -2.11. The van der Waals surface area contributed by atoms with Crippen molar-refractivity contribution in [2.24, 2.45) is 0 Å². The minimum Gasteiger partial charge on any atom is -0.236 e. The molecule has 0 unspecified atom stereocenters. The van der Waals surface area contributed by atoms with Gasteiger partial charge < -0.3 is 0 Å². The summed E-state index contributed by atoms with van der Waals surface area (Å²) in [5, 5.41) is 1.82. The van der Waals surface area contributed by atoms with Crippen molar-refractivity contribution in [1.82, 2.24) is 4.98 Å². The van der Waals surface area contributed by atoms with Crippen LogP contribution in [0.25, 0.3) is 10.9 Å². The first-order chi connectivity index (χ1) is 7.49. The molecule has 16 heavy (non-hydrogen) atoms. The number of aryl methyl sites for hydroxylation is 2. The van der Waals surface area contributed by atoms with Crippen molar-refractivity contribution in [3.05, 3.63) is 40.0 Å². The molecule has 0 atom stereocenters. The summed E-state index contributed by atoms with van der Waals surface area (Å²) in [6, 6.07) is 6.47. The number of hydrogen-bond donors (Lipinski definition) is 0. The van der Waals surface area contributed by atoms with Crippen LogP contribution in [0.1, 0.15) is 36.5 Å². The fraction of sp³-hybridized carbons (Fsp3) is 0.357. The van der Waals surface area contributed by atoms with Crippen molar-refractivity contribution in [1.29, 1.82) is 0 Å². The molecule has 0 radical (unpaired) electrons. The molecule has 0 spiro atoms. The van der Waals surface area contributed by atoms with Crippen LogP contribution in [-0.2, 0) is 0 Å². The summed E-state index contributed by atoms with van der Waals surface area (Å²) in [4.78, 5) is 4.50. The monoisotopic (exact) mass is 233 g/mol. The van der Waals surface area contributed by atoms with E-state index in [2.05, 4.69) is 50.9 Å². The summed E-state index contributed by atoms with van der Waals surface area (Å²) in [6.07, 6.45) is 0. The lowest BCUT2D eigenvalue weighted by molar-refractivity contribution is 0.862. The van der Waals surface area contributed by atoms with Gasteiger partial charge in [-0.05, 0) is 43.0 Å². The van der Waals surface area contributed by atoms with Gasteiger partial charge in [0.1, 0.15) is 5.15 Å². The van der Waals surface area contributed by atoms with E-state index in [0.717, 1.165) is 11.1 Å². The van der Waals surface area contributed by atoms with Crippen molar-refractivity contribution in [3.8, 4) is 0 Å². The number of rotatable bonds is 1. The molecule has 0 amide bonds. The van der Waals surface area contributed by atoms with Gasteiger partial charge in [0.2, 0.25) is 0 Å². The Labute approximate surface area is 101 Å². The summed E-state index contributed by atoms with van der Waals surface area (Å²) in [7, 11) is 0. The quantitative estimate of drug-likeness (QED) is 0.655. The van der Waals surface area contributed by atoms with E-state index in [4.69, 9.17) is 11.6 Å². The zero-order valence-electron chi connectivity index (χ0n) is 10.1. The van der Waals surface area contributed by atoms with Crippen LogP contribution in [0.2, 0.25) is 5.15 Å². The van der Waals surface area contributed by atoms with Crippen LogP contribution >= 0.6 is 11.6 Å². The number of pyridine rings is 1. The Bertz CT molecular complexity index is 544. The maximum atomic E-state index is 6.20. The first-order valence-corrected chi connectivity index (χ1v) is 5.94. The highest BCUT2D eigenvalue weighted by Crippen LogP contribution is 2.28. The maximum absolute atomic E-state index is 6.20. The Morgan fingerprint density at radius 1 is 1.12 bits per heavy atom. The van der Waals surface area contributed by atoms with Crippen molar-refractivity contribution in [3.63, 3.8) is 0 Å². The molecular formula is C14H16ClN. The standard InChI is InChI=1S/C14H16ClN/c1-8(2)12-7-11-6-9(3)5-10(4)13(11)16-14(12)15/h5-8H,1-4H3. The molecule has 0 aliphatic rings. The molecule has 2 rings (SSSR count). The second-order valence-corrected chi connectivity index (χ2v) is 5.03. The summed E-state index contributed by atoms with van der Waals surface area (Å²) >= 11 is 6.20. The van der Waals surface area contributed by atoms with Gasteiger partial charge >= 0.3 is 0 Å². The lowest BCUT2D eigenvalue weighted by atomic mass is 10.0. The van der Waals surface area contributed by atoms with Crippen LogP contribution in [0.15, 0.2) is 18.2 Å². The maximum Gasteiger partial charge on any atom is 0.133 e. The molecule has 1 heterocycles. The van der Waals surface area contributed by atoms with Crippen molar-refractivity contribution in [2.45, 2.75) is 33.6 Å². The van der Waals surface area contributed by atoms with E-state index < -0.39 is 0 Å². The SMILES string of the molecule is Cc1cc(C)c2nc(Cl)c(C(C)C)cc2c1. The highest BCUT2D eigenvalue weighted by Gasteiger charge is 2.09. The number of benzene rings is 1. The number of fused-ring (bicyclic) bond motifs is 1. The summed E-state index contributed by atoms with van der Waals surface area (Å²) in [5.74, 6) is 0.408. The van der Waals surface area contributed by atoms with Gasteiger partial charge in [-0.3, -0.25) is 0 Å². The first-order valence-electron chi connectivity index (χ1n) is 5.56. The first kappa shape index (κ1) is 11.4. The topological polar surface area (TPSA) is 12.9 Å². The lowest BCUT2D eigenvalue weighted by Crippen LogP contribution is -1.94. The fourth-order valence-electron chi connectivity index (χ4n) is 2.05. The molecule has 84 valence electrons. The molecule has 0 aliphatic heterocycles. The summed E-state index contributed by atoms with van der Waals surface area (Å²) in [5.41, 5.74) is 4.59. The van der Waals surface area contributed by atoms with E-state index in [9.17, 15) is 0 Å². The summed E-state index contributed by atoms with van der Waals surface area (Å²) < 4.78 is 0. The van der Waals surface area contributed by atoms with Gasteiger partial charge in [-0.25, -0.2) is 4.98 Å². The Hall–Kier alpha value is -1.08. The minimum atomic E-state index is 0.408. The Balaban J connectivity index is 2.79. The van der Waals surface area contributed by atoms with Gasteiger partial charge in [0.15, 0.2) is 0 Å². The van der Waals surface area contributed by atoms with E-state index in [-0.39, 0.29) is 0 Å². The van der Waals surface area contributed by atoms with E-state index in [1.54, 1.807) is 0 Å². The molecule has 2 aromatic rings. The van der Waals surface area contributed by atoms with Crippen LogP contribution in [0.4, 0.5) is 0 Å². The zero-order chi connectivity index (χ0) is 11.9. The molecule has 0 fully saturated rings. The fourth-order valence-corrected chi connectivity index (χ4v) is 2.41. The molecule has 0 aliphatic carbocycles. The van der Waals surface area contributed by atoms with Crippen LogP contribution in [0.3, 0.4) is 0 Å². The molecular weight excluding hydrogens is 218 g/mol. The average molecular weight is 234 g/mol. The molecule has 2 heteroatoms. The third-order valence-corrected chi connectivity index (χ3v) is 3.16. The van der Waals surface area contributed by atoms with Crippen LogP contribution in [0.5, 0.6) is 0 Å². The number of halogens is 1. The van der Waals surface area contributed by atoms with Gasteiger partial charge in [0.05, 0.1) is 5.52 Å². The van der Waals surface area contributed by atoms with Crippen LogP contribution < -0.4 is 0 Å². The highest BCUT2D eigenvalue weighted by molar-refractivity contribution is 6.30. The van der Waals surface area contributed by atoms with Crippen molar-refractivity contribution >= 4 is 22.5 Å². The molecule has 0 N–H and O–H groups in total. The predicted octanol–water partition coefficient (Wildman–Crippen LogP) is 4.63. The third kappa shape index (κ3) is 1.92. The number of hydrogen-bond acceptors (Lipinski definition) is 1. The second kappa shape index (κ2) is 4.06. The van der Waals surface area contributed by atoms with Crippen molar-refractivity contribution in [2.75, 3.05) is 0 Å². The largest absolute Gasteiger partial charge is 0.236 e. The Kier molecular flexibility index (Phi) is 2.90. The third-order valence-electron chi connectivity index (χ3n) is 2.86. The molecule has 1 nitrogen and oxygen atoms in total. The van der Waals surface area contributed by atoms with E-state index in [1.165, 1.54) is 16.5 Å². The minimum absolute atomic E-state index is 0.408. The average Bonchev–Trinajstić information content (AvgIpc) is 2.18. The molecule has 0 saturated carbocycles. The van der Waals surface area contributed by atoms with Gasteiger partial charge in [0, 0.05) is 5.39 Å². The number of nitrogens with zero attached hydrogens (tertiary/aromatic N) is 1. The summed E-state index contributed by atoms with van der Waals surface area (Å²) in [6.45, 7) is 8.46. The second-order valence-electron chi connectivity index (χ2n) is 4.68. The normalized spacial score (nSPS) is 11.4. The Morgan fingerprint density at radius 2 is 1.81 bits per heavy atom. The van der Waals surface area contributed by atoms with Crippen molar-refractivity contribution < 1.29 is 0 Å². The molecule has 1 aromatic heterocycles. The van der Waals surface area contributed by atoms with Gasteiger partial charge in [-0.15, -0.1) is 0 Å².